The Morgan fingerprint density at radius 2 is 1.89 bits per heavy atom. The van der Waals surface area contributed by atoms with E-state index in [0.717, 1.165) is 57.0 Å². The van der Waals surface area contributed by atoms with E-state index in [1.54, 1.807) is 7.11 Å². The fraction of sp³-hybridized carbons (Fsp3) is 0.632. The number of anilines is 1. The van der Waals surface area contributed by atoms with E-state index >= 15 is 0 Å². The summed E-state index contributed by atoms with van der Waals surface area (Å²) in [6.07, 6.45) is 3.33. The van der Waals surface area contributed by atoms with Gasteiger partial charge in [0.15, 0.2) is 5.82 Å². The van der Waals surface area contributed by atoms with Gasteiger partial charge in [0.25, 0.3) is 0 Å². The molecule has 1 aromatic heterocycles. The van der Waals surface area contributed by atoms with E-state index in [0.29, 0.717) is 13.2 Å². The molecule has 1 aromatic carbocycles. The first-order chi connectivity index (χ1) is 13.2. The maximum absolute atomic E-state index is 13.2. The van der Waals surface area contributed by atoms with Crippen molar-refractivity contribution in [2.75, 3.05) is 44.8 Å². The van der Waals surface area contributed by atoms with E-state index in [1.807, 2.05) is 16.8 Å². The molecule has 8 heteroatoms. The Labute approximate surface area is 160 Å². The van der Waals surface area contributed by atoms with Crippen molar-refractivity contribution in [2.24, 2.45) is 0 Å². The summed E-state index contributed by atoms with van der Waals surface area (Å²) in [4.78, 5) is 4.78. The standard InChI is InChI=1S/C19H29FN6O/c1-3-4-5-18(19-21-22-23-26(19)14-15-27-2)25-12-10-24(11-13-25)17-8-6-16(20)7-9-17/h6-9,18H,3-5,10-15H2,1-2H3. The number of ether oxygens (including phenoxy) is 1. The lowest BCUT2D eigenvalue weighted by atomic mass is 10.1. The summed E-state index contributed by atoms with van der Waals surface area (Å²) in [5, 5.41) is 12.4. The zero-order chi connectivity index (χ0) is 19.1. The third kappa shape index (κ3) is 5.01. The van der Waals surface area contributed by atoms with Gasteiger partial charge in [0.1, 0.15) is 5.82 Å². The maximum Gasteiger partial charge on any atom is 0.168 e. The van der Waals surface area contributed by atoms with Crippen molar-refractivity contribution in [2.45, 2.75) is 38.8 Å². The van der Waals surface area contributed by atoms with Crippen LogP contribution in [0.5, 0.6) is 0 Å². The molecule has 3 rings (SSSR count). The minimum absolute atomic E-state index is 0.195. The highest BCUT2D eigenvalue weighted by atomic mass is 19.1. The molecule has 1 aliphatic heterocycles. The molecule has 1 aliphatic rings. The number of tetrazole rings is 1. The molecule has 27 heavy (non-hydrogen) atoms. The van der Waals surface area contributed by atoms with Crippen LogP contribution in [0.15, 0.2) is 24.3 Å². The molecule has 0 N–H and O–H groups in total. The fourth-order valence-electron chi connectivity index (χ4n) is 3.60. The van der Waals surface area contributed by atoms with Gasteiger partial charge in [-0.3, -0.25) is 4.90 Å². The van der Waals surface area contributed by atoms with Crippen molar-refractivity contribution in [1.29, 1.82) is 0 Å². The van der Waals surface area contributed by atoms with Gasteiger partial charge in [-0.2, -0.15) is 0 Å². The first-order valence-electron chi connectivity index (χ1n) is 9.72. The predicted molar refractivity (Wildman–Crippen MR) is 102 cm³/mol. The second-order valence-electron chi connectivity index (χ2n) is 6.91. The van der Waals surface area contributed by atoms with Crippen molar-refractivity contribution in [1.82, 2.24) is 25.1 Å². The molecular weight excluding hydrogens is 347 g/mol. The van der Waals surface area contributed by atoms with Crippen LogP contribution in [0, 0.1) is 5.82 Å². The highest BCUT2D eigenvalue weighted by Crippen LogP contribution is 2.27. The lowest BCUT2D eigenvalue weighted by Crippen LogP contribution is -2.48. The highest BCUT2D eigenvalue weighted by molar-refractivity contribution is 5.46. The van der Waals surface area contributed by atoms with Crippen LogP contribution in [-0.4, -0.2) is 65.0 Å². The first kappa shape index (κ1) is 19.7. The van der Waals surface area contributed by atoms with Gasteiger partial charge in [-0.05, 0) is 41.1 Å². The van der Waals surface area contributed by atoms with E-state index in [1.165, 1.54) is 12.1 Å². The fourth-order valence-corrected chi connectivity index (χ4v) is 3.60. The van der Waals surface area contributed by atoms with Crippen molar-refractivity contribution in [3.8, 4) is 0 Å². The largest absolute Gasteiger partial charge is 0.383 e. The van der Waals surface area contributed by atoms with E-state index in [-0.39, 0.29) is 11.9 Å². The normalized spacial score (nSPS) is 16.6. The predicted octanol–water partition coefficient (Wildman–Crippen LogP) is 2.51. The zero-order valence-electron chi connectivity index (χ0n) is 16.2. The lowest BCUT2D eigenvalue weighted by molar-refractivity contribution is 0.152. The molecule has 0 saturated carbocycles. The van der Waals surface area contributed by atoms with Crippen molar-refractivity contribution in [3.63, 3.8) is 0 Å². The first-order valence-corrected chi connectivity index (χ1v) is 9.72. The summed E-state index contributed by atoms with van der Waals surface area (Å²) in [6, 6.07) is 6.97. The van der Waals surface area contributed by atoms with Crippen LogP contribution >= 0.6 is 0 Å². The molecular formula is C19H29FN6O. The SMILES string of the molecule is CCCCC(c1nnnn1CCOC)N1CCN(c2ccc(F)cc2)CC1. The van der Waals surface area contributed by atoms with Crippen molar-refractivity contribution >= 4 is 5.69 Å². The van der Waals surface area contributed by atoms with Gasteiger partial charge in [-0.1, -0.05) is 19.8 Å². The number of methoxy groups -OCH3 is 1. The number of hydrogen-bond acceptors (Lipinski definition) is 6. The topological polar surface area (TPSA) is 59.3 Å². The zero-order valence-corrected chi connectivity index (χ0v) is 16.2. The Kier molecular flexibility index (Phi) is 7.11. The van der Waals surface area contributed by atoms with Crippen LogP contribution in [0.25, 0.3) is 0 Å². The van der Waals surface area contributed by atoms with Gasteiger partial charge in [-0.25, -0.2) is 9.07 Å². The number of unbranched alkanes of at least 4 members (excludes halogenated alkanes) is 1. The van der Waals surface area contributed by atoms with Crippen LogP contribution in [0.1, 0.15) is 38.1 Å². The number of piperazine rings is 1. The highest BCUT2D eigenvalue weighted by Gasteiger charge is 2.28. The molecule has 2 aromatic rings. The summed E-state index contributed by atoms with van der Waals surface area (Å²) in [5.41, 5.74) is 1.08. The molecule has 7 nitrogen and oxygen atoms in total. The lowest BCUT2D eigenvalue weighted by Gasteiger charge is -2.39. The van der Waals surface area contributed by atoms with Gasteiger partial charge in [0.2, 0.25) is 0 Å². The third-order valence-electron chi connectivity index (χ3n) is 5.14. The molecule has 1 fully saturated rings. The molecule has 148 valence electrons. The molecule has 1 unspecified atom stereocenters. The Hall–Kier alpha value is -2.06. The number of hydrogen-bond donors (Lipinski definition) is 0. The Morgan fingerprint density at radius 1 is 1.15 bits per heavy atom. The summed E-state index contributed by atoms with van der Waals surface area (Å²) >= 11 is 0. The van der Waals surface area contributed by atoms with E-state index in [9.17, 15) is 4.39 Å². The number of benzene rings is 1. The van der Waals surface area contributed by atoms with Gasteiger partial charge in [0, 0.05) is 39.0 Å². The van der Waals surface area contributed by atoms with Crippen LogP contribution in [-0.2, 0) is 11.3 Å². The van der Waals surface area contributed by atoms with Gasteiger partial charge in [0.05, 0.1) is 19.2 Å². The maximum atomic E-state index is 13.2. The molecule has 2 heterocycles. The molecule has 0 amide bonds. The summed E-state index contributed by atoms with van der Waals surface area (Å²) in [6.45, 7) is 7.15. The smallest absolute Gasteiger partial charge is 0.168 e. The molecule has 1 atom stereocenters. The molecule has 1 saturated heterocycles. The van der Waals surface area contributed by atoms with E-state index < -0.39 is 0 Å². The summed E-state index contributed by atoms with van der Waals surface area (Å²) < 4.78 is 20.2. The van der Waals surface area contributed by atoms with E-state index in [4.69, 9.17) is 4.74 Å². The van der Waals surface area contributed by atoms with Crippen molar-refractivity contribution < 1.29 is 9.13 Å². The second-order valence-corrected chi connectivity index (χ2v) is 6.91. The van der Waals surface area contributed by atoms with Crippen LogP contribution in [0.3, 0.4) is 0 Å². The van der Waals surface area contributed by atoms with Gasteiger partial charge < -0.3 is 9.64 Å². The number of rotatable bonds is 9. The minimum atomic E-state index is -0.195. The summed E-state index contributed by atoms with van der Waals surface area (Å²) in [5.74, 6) is 0.732. The quantitative estimate of drug-likeness (QED) is 0.670. The summed E-state index contributed by atoms with van der Waals surface area (Å²) in [7, 11) is 1.69. The van der Waals surface area contributed by atoms with Gasteiger partial charge in [-0.15, -0.1) is 5.10 Å². The van der Waals surface area contributed by atoms with Crippen LogP contribution in [0.4, 0.5) is 10.1 Å². The molecule has 0 radical (unpaired) electrons. The average Bonchev–Trinajstić information content (AvgIpc) is 3.16. The van der Waals surface area contributed by atoms with Crippen LogP contribution in [0.2, 0.25) is 0 Å². The Balaban J connectivity index is 1.68. The van der Waals surface area contributed by atoms with Crippen LogP contribution < -0.4 is 4.90 Å². The number of nitrogens with zero attached hydrogens (tertiary/aromatic N) is 6. The Morgan fingerprint density at radius 3 is 2.56 bits per heavy atom. The third-order valence-corrected chi connectivity index (χ3v) is 5.14. The van der Waals surface area contributed by atoms with Gasteiger partial charge >= 0.3 is 0 Å². The Bertz CT molecular complexity index is 684. The molecule has 0 spiro atoms. The number of halogens is 1. The van der Waals surface area contributed by atoms with E-state index in [2.05, 4.69) is 32.2 Å². The second kappa shape index (κ2) is 9.75. The monoisotopic (exact) mass is 376 g/mol. The molecule has 0 bridgehead atoms. The molecule has 0 aliphatic carbocycles. The number of aromatic nitrogens is 4. The van der Waals surface area contributed by atoms with Crippen molar-refractivity contribution in [3.05, 3.63) is 35.9 Å². The average molecular weight is 376 g/mol. The minimum Gasteiger partial charge on any atom is -0.383 e.